The molecule has 2 unspecified atom stereocenters. The van der Waals surface area contributed by atoms with Crippen LogP contribution in [0.3, 0.4) is 0 Å². The number of hydrogen-bond donors (Lipinski definition) is 2. The van der Waals surface area contributed by atoms with Crippen molar-refractivity contribution in [2.24, 2.45) is 5.41 Å². The number of aryl methyl sites for hydroxylation is 1. The van der Waals surface area contributed by atoms with Gasteiger partial charge in [0.15, 0.2) is 0 Å². The number of thiophene rings is 1. The van der Waals surface area contributed by atoms with Crippen molar-refractivity contribution >= 4 is 17.3 Å². The second-order valence-corrected chi connectivity index (χ2v) is 7.19. The molecule has 1 heterocycles. The van der Waals surface area contributed by atoms with Gasteiger partial charge in [-0.2, -0.15) is 0 Å². The van der Waals surface area contributed by atoms with E-state index in [9.17, 15) is 4.79 Å². The Labute approximate surface area is 124 Å². The molecule has 2 rings (SSSR count). The maximum atomic E-state index is 11.0. The van der Waals surface area contributed by atoms with E-state index in [1.807, 2.05) is 13.8 Å². The predicted molar refractivity (Wildman–Crippen MR) is 80.5 cm³/mol. The number of carboxylic acid groups (broad SMARTS) is 1. The molecule has 0 aliphatic heterocycles. The van der Waals surface area contributed by atoms with E-state index in [2.05, 4.69) is 19.2 Å². The first kappa shape index (κ1) is 15.5. The van der Waals surface area contributed by atoms with Crippen LogP contribution in [0.5, 0.6) is 0 Å². The number of nitrogens with one attached hydrogen (secondary N) is 1. The Morgan fingerprint density at radius 3 is 2.80 bits per heavy atom. The van der Waals surface area contributed by atoms with Gasteiger partial charge in [-0.05, 0) is 31.9 Å². The molecule has 1 aliphatic carbocycles. The molecular formula is C15H23NO3S. The Bertz CT molecular complexity index is 495. The lowest BCUT2D eigenvalue weighted by atomic mass is 9.64. The van der Waals surface area contributed by atoms with Gasteiger partial charge in [-0.25, -0.2) is 4.79 Å². The average molecular weight is 297 g/mol. The zero-order chi connectivity index (χ0) is 14.9. The second kappa shape index (κ2) is 5.84. The van der Waals surface area contributed by atoms with Crippen LogP contribution in [0.25, 0.3) is 0 Å². The zero-order valence-electron chi connectivity index (χ0n) is 12.5. The summed E-state index contributed by atoms with van der Waals surface area (Å²) in [6, 6.07) is 2.20. The standard InChI is InChI=1S/C15H23NO3S/c1-5-19-13-7-12(15(13,3)4)16-8-10-6-11(14(17)18)20-9(10)2/h6,12-13,16H,5,7-8H2,1-4H3,(H,17,18). The van der Waals surface area contributed by atoms with E-state index in [-0.39, 0.29) is 5.41 Å². The number of rotatable bonds is 6. The molecule has 5 heteroatoms. The normalized spacial score (nSPS) is 24.4. The summed E-state index contributed by atoms with van der Waals surface area (Å²) in [4.78, 5) is 12.5. The van der Waals surface area contributed by atoms with Gasteiger partial charge in [-0.3, -0.25) is 0 Å². The number of aromatic carboxylic acids is 1. The van der Waals surface area contributed by atoms with Gasteiger partial charge >= 0.3 is 5.97 Å². The SMILES string of the molecule is CCOC1CC(NCc2cc(C(=O)O)sc2C)C1(C)C. The van der Waals surface area contributed by atoms with Gasteiger partial charge in [-0.15, -0.1) is 11.3 Å². The van der Waals surface area contributed by atoms with Gasteiger partial charge in [0.2, 0.25) is 0 Å². The number of carbonyl (C=O) groups is 1. The van der Waals surface area contributed by atoms with Crippen molar-refractivity contribution in [3.8, 4) is 0 Å². The number of carboxylic acids is 1. The molecule has 0 bridgehead atoms. The van der Waals surface area contributed by atoms with E-state index < -0.39 is 5.97 Å². The van der Waals surface area contributed by atoms with Crippen LogP contribution in [0.4, 0.5) is 0 Å². The average Bonchev–Trinajstić information content (AvgIpc) is 2.75. The van der Waals surface area contributed by atoms with Gasteiger partial charge in [0.1, 0.15) is 4.88 Å². The van der Waals surface area contributed by atoms with Crippen LogP contribution in [-0.2, 0) is 11.3 Å². The van der Waals surface area contributed by atoms with Gasteiger partial charge in [-0.1, -0.05) is 13.8 Å². The van der Waals surface area contributed by atoms with Crippen LogP contribution < -0.4 is 5.32 Å². The van der Waals surface area contributed by atoms with Crippen LogP contribution in [0, 0.1) is 12.3 Å². The summed E-state index contributed by atoms with van der Waals surface area (Å²) in [7, 11) is 0. The summed E-state index contributed by atoms with van der Waals surface area (Å²) in [5.41, 5.74) is 1.22. The highest BCUT2D eigenvalue weighted by molar-refractivity contribution is 7.14. The van der Waals surface area contributed by atoms with Gasteiger partial charge < -0.3 is 15.2 Å². The smallest absolute Gasteiger partial charge is 0.345 e. The van der Waals surface area contributed by atoms with Crippen molar-refractivity contribution in [3.05, 3.63) is 21.4 Å². The fraction of sp³-hybridized carbons (Fsp3) is 0.667. The minimum Gasteiger partial charge on any atom is -0.477 e. The minimum atomic E-state index is -0.843. The monoisotopic (exact) mass is 297 g/mol. The molecule has 4 nitrogen and oxygen atoms in total. The Hall–Kier alpha value is -0.910. The van der Waals surface area contributed by atoms with Crippen molar-refractivity contribution in [2.75, 3.05) is 6.61 Å². The lowest BCUT2D eigenvalue weighted by Crippen LogP contribution is -2.60. The van der Waals surface area contributed by atoms with Crippen LogP contribution in [0.2, 0.25) is 0 Å². The van der Waals surface area contributed by atoms with Crippen molar-refractivity contribution in [2.45, 2.75) is 52.8 Å². The summed E-state index contributed by atoms with van der Waals surface area (Å²) in [6.45, 7) is 9.92. The molecule has 1 aliphatic rings. The molecule has 0 saturated heterocycles. The fourth-order valence-corrected chi connectivity index (χ4v) is 3.63. The fourth-order valence-electron chi connectivity index (χ4n) is 2.75. The minimum absolute atomic E-state index is 0.134. The molecule has 2 N–H and O–H groups in total. The Morgan fingerprint density at radius 1 is 1.60 bits per heavy atom. The summed E-state index contributed by atoms with van der Waals surface area (Å²) >= 11 is 1.34. The highest BCUT2D eigenvalue weighted by Gasteiger charge is 2.48. The van der Waals surface area contributed by atoms with Crippen LogP contribution in [-0.4, -0.2) is 29.8 Å². The van der Waals surface area contributed by atoms with E-state index in [4.69, 9.17) is 9.84 Å². The molecule has 0 radical (unpaired) electrons. The van der Waals surface area contributed by atoms with Gasteiger partial charge in [0.05, 0.1) is 6.10 Å². The molecule has 0 spiro atoms. The van der Waals surface area contributed by atoms with Crippen molar-refractivity contribution in [1.29, 1.82) is 0 Å². The van der Waals surface area contributed by atoms with Crippen LogP contribution >= 0.6 is 11.3 Å². The summed E-state index contributed by atoms with van der Waals surface area (Å²) in [5, 5.41) is 12.5. The first-order chi connectivity index (χ1) is 9.36. The molecular weight excluding hydrogens is 274 g/mol. The lowest BCUT2D eigenvalue weighted by molar-refractivity contribution is -0.114. The third kappa shape index (κ3) is 2.90. The molecule has 1 fully saturated rings. The Morgan fingerprint density at radius 2 is 2.30 bits per heavy atom. The summed E-state index contributed by atoms with van der Waals surface area (Å²) in [5.74, 6) is -0.843. The second-order valence-electron chi connectivity index (χ2n) is 5.93. The van der Waals surface area contributed by atoms with E-state index in [0.29, 0.717) is 17.0 Å². The Balaban J connectivity index is 1.92. The predicted octanol–water partition coefficient (Wildman–Crippen LogP) is 3.05. The van der Waals surface area contributed by atoms with Crippen molar-refractivity contribution < 1.29 is 14.6 Å². The van der Waals surface area contributed by atoms with Gasteiger partial charge in [0.25, 0.3) is 0 Å². The summed E-state index contributed by atoms with van der Waals surface area (Å²) in [6.07, 6.45) is 1.35. The van der Waals surface area contributed by atoms with E-state index >= 15 is 0 Å². The molecule has 2 atom stereocenters. The van der Waals surface area contributed by atoms with Crippen molar-refractivity contribution in [1.82, 2.24) is 5.32 Å². The molecule has 1 aromatic rings. The molecule has 0 aromatic carbocycles. The molecule has 20 heavy (non-hydrogen) atoms. The van der Waals surface area contributed by atoms with E-state index in [1.54, 1.807) is 6.07 Å². The van der Waals surface area contributed by atoms with E-state index in [1.165, 1.54) is 11.3 Å². The molecule has 1 saturated carbocycles. The largest absolute Gasteiger partial charge is 0.477 e. The van der Waals surface area contributed by atoms with Crippen LogP contribution in [0.1, 0.15) is 47.3 Å². The number of hydrogen-bond acceptors (Lipinski definition) is 4. The lowest BCUT2D eigenvalue weighted by Gasteiger charge is -2.52. The topological polar surface area (TPSA) is 58.6 Å². The maximum absolute atomic E-state index is 11.0. The third-order valence-electron chi connectivity index (χ3n) is 4.32. The highest BCUT2D eigenvalue weighted by atomic mass is 32.1. The van der Waals surface area contributed by atoms with Crippen molar-refractivity contribution in [3.63, 3.8) is 0 Å². The maximum Gasteiger partial charge on any atom is 0.345 e. The van der Waals surface area contributed by atoms with Crippen LogP contribution in [0.15, 0.2) is 6.07 Å². The molecule has 112 valence electrons. The van der Waals surface area contributed by atoms with E-state index in [0.717, 1.165) is 30.0 Å². The first-order valence-electron chi connectivity index (χ1n) is 7.03. The molecule has 1 aromatic heterocycles. The zero-order valence-corrected chi connectivity index (χ0v) is 13.3. The Kier molecular flexibility index (Phi) is 4.52. The van der Waals surface area contributed by atoms with Gasteiger partial charge in [0, 0.05) is 29.5 Å². The summed E-state index contributed by atoms with van der Waals surface area (Å²) < 4.78 is 5.72. The first-order valence-corrected chi connectivity index (χ1v) is 7.85. The number of ether oxygens (including phenoxy) is 1. The quantitative estimate of drug-likeness (QED) is 0.847. The third-order valence-corrected chi connectivity index (χ3v) is 5.40. The molecule has 0 amide bonds. The highest BCUT2D eigenvalue weighted by Crippen LogP contribution is 2.42.